The molecule has 0 radical (unpaired) electrons. The predicted octanol–water partition coefficient (Wildman–Crippen LogP) is 3.34. The molecule has 2 aromatic carbocycles. The van der Waals surface area contributed by atoms with Crippen molar-refractivity contribution in [1.82, 2.24) is 9.99 Å². The lowest BCUT2D eigenvalue weighted by atomic mass is 10.2. The molecule has 0 atom stereocenters. The number of aryl methyl sites for hydroxylation is 1. The number of nitrogens with zero attached hydrogens (tertiary/aromatic N) is 3. The molecule has 0 fully saturated rings. The molecule has 7 heteroatoms. The average Bonchev–Trinajstić information content (AvgIpc) is 3.09. The highest BCUT2D eigenvalue weighted by molar-refractivity contribution is 6.00. The summed E-state index contributed by atoms with van der Waals surface area (Å²) in [5.74, 6) is 0.665. The second-order valence-electron chi connectivity index (χ2n) is 5.97. The van der Waals surface area contributed by atoms with Crippen molar-refractivity contribution in [2.75, 3.05) is 14.2 Å². The van der Waals surface area contributed by atoms with Gasteiger partial charge in [0.2, 0.25) is 0 Å². The number of methoxy groups -OCH3 is 2. The second-order valence-corrected chi connectivity index (χ2v) is 5.97. The van der Waals surface area contributed by atoms with E-state index < -0.39 is 0 Å². The first-order valence-electron chi connectivity index (χ1n) is 8.68. The van der Waals surface area contributed by atoms with Crippen LogP contribution < -0.4 is 14.9 Å². The highest BCUT2D eigenvalue weighted by Gasteiger charge is 2.10. The minimum atomic E-state index is -0.356. The Labute approximate surface area is 162 Å². The summed E-state index contributed by atoms with van der Waals surface area (Å²) in [4.78, 5) is 12.4. The van der Waals surface area contributed by atoms with Crippen LogP contribution in [0.25, 0.3) is 10.9 Å². The van der Waals surface area contributed by atoms with Crippen LogP contribution in [0.5, 0.6) is 11.5 Å². The van der Waals surface area contributed by atoms with E-state index in [0.29, 0.717) is 30.0 Å². The third-order valence-corrected chi connectivity index (χ3v) is 4.30. The molecule has 0 unspecified atom stereocenters. The van der Waals surface area contributed by atoms with Crippen LogP contribution in [0, 0.1) is 11.3 Å². The average molecular weight is 376 g/mol. The van der Waals surface area contributed by atoms with Crippen molar-refractivity contribution in [3.05, 3.63) is 59.8 Å². The van der Waals surface area contributed by atoms with Crippen LogP contribution in [-0.2, 0) is 6.54 Å². The molecule has 3 rings (SSSR count). The van der Waals surface area contributed by atoms with Crippen LogP contribution in [0.15, 0.2) is 53.8 Å². The normalized spacial score (nSPS) is 10.8. The van der Waals surface area contributed by atoms with Gasteiger partial charge in [-0.25, -0.2) is 5.43 Å². The molecular weight excluding hydrogens is 356 g/mol. The standard InChI is InChI=1S/C21H20N4O3/c1-27-19-9-8-15(12-20(19)28-2)21(26)24-23-13-16-14-25(11-5-10-22)18-7-4-3-6-17(16)18/h3-4,6-9,12-14H,5,11H2,1-2H3,(H,24,26)/b23-13-. The molecule has 28 heavy (non-hydrogen) atoms. The summed E-state index contributed by atoms with van der Waals surface area (Å²) in [5, 5.41) is 13.9. The number of nitrogens with one attached hydrogen (secondary N) is 1. The molecule has 0 bridgehead atoms. The topological polar surface area (TPSA) is 88.6 Å². The van der Waals surface area contributed by atoms with Gasteiger partial charge in [-0.2, -0.15) is 10.4 Å². The summed E-state index contributed by atoms with van der Waals surface area (Å²) in [6.07, 6.45) is 3.95. The molecule has 0 saturated heterocycles. The maximum Gasteiger partial charge on any atom is 0.271 e. The van der Waals surface area contributed by atoms with Crippen LogP contribution in [-0.4, -0.2) is 30.9 Å². The number of aromatic nitrogens is 1. The number of hydrogen-bond acceptors (Lipinski definition) is 5. The molecule has 0 saturated carbocycles. The number of para-hydroxylation sites is 1. The highest BCUT2D eigenvalue weighted by Crippen LogP contribution is 2.27. The van der Waals surface area contributed by atoms with Crippen LogP contribution in [0.4, 0.5) is 0 Å². The van der Waals surface area contributed by atoms with Crippen molar-refractivity contribution in [2.45, 2.75) is 13.0 Å². The zero-order valence-corrected chi connectivity index (χ0v) is 15.7. The monoisotopic (exact) mass is 376 g/mol. The van der Waals surface area contributed by atoms with Gasteiger partial charge in [-0.05, 0) is 24.3 Å². The summed E-state index contributed by atoms with van der Waals surface area (Å²) in [5.41, 5.74) is 4.82. The Bertz CT molecular complexity index is 1060. The SMILES string of the molecule is COc1ccc(C(=O)N/N=C\c2cn(CCC#N)c3ccccc23)cc1OC. The quantitative estimate of drug-likeness (QED) is 0.506. The molecular formula is C21H20N4O3. The van der Waals surface area contributed by atoms with E-state index in [-0.39, 0.29) is 5.91 Å². The molecule has 0 aliphatic rings. The Kier molecular flexibility index (Phi) is 5.92. The minimum Gasteiger partial charge on any atom is -0.493 e. The maximum absolute atomic E-state index is 12.4. The third-order valence-electron chi connectivity index (χ3n) is 4.30. The first-order valence-corrected chi connectivity index (χ1v) is 8.68. The number of hydrazone groups is 1. The molecule has 142 valence electrons. The first kappa shape index (κ1) is 19.0. The smallest absolute Gasteiger partial charge is 0.271 e. The van der Waals surface area contributed by atoms with Crippen molar-refractivity contribution >= 4 is 23.0 Å². The lowest BCUT2D eigenvalue weighted by molar-refractivity contribution is 0.0954. The van der Waals surface area contributed by atoms with E-state index in [9.17, 15) is 4.79 Å². The van der Waals surface area contributed by atoms with Gasteiger partial charge >= 0.3 is 0 Å². The van der Waals surface area contributed by atoms with E-state index in [1.165, 1.54) is 14.2 Å². The number of fused-ring (bicyclic) bond motifs is 1. The molecule has 1 N–H and O–H groups in total. The van der Waals surface area contributed by atoms with Gasteiger partial charge in [0.05, 0.1) is 32.9 Å². The molecule has 1 amide bonds. The Morgan fingerprint density at radius 1 is 1.21 bits per heavy atom. The Balaban J connectivity index is 1.78. The molecule has 7 nitrogen and oxygen atoms in total. The van der Waals surface area contributed by atoms with Crippen molar-refractivity contribution in [3.8, 4) is 17.6 Å². The van der Waals surface area contributed by atoms with Gasteiger partial charge in [-0.3, -0.25) is 4.79 Å². The number of rotatable bonds is 7. The largest absolute Gasteiger partial charge is 0.493 e. The van der Waals surface area contributed by atoms with E-state index in [1.807, 2.05) is 35.0 Å². The molecule has 1 heterocycles. The number of carbonyl (C=O) groups excluding carboxylic acids is 1. The summed E-state index contributed by atoms with van der Waals surface area (Å²) >= 11 is 0. The maximum atomic E-state index is 12.4. The number of ether oxygens (including phenoxy) is 2. The van der Waals surface area contributed by atoms with Gasteiger partial charge in [-0.1, -0.05) is 18.2 Å². The molecule has 0 spiro atoms. The fourth-order valence-corrected chi connectivity index (χ4v) is 2.94. The van der Waals surface area contributed by atoms with Crippen molar-refractivity contribution < 1.29 is 14.3 Å². The Hall–Kier alpha value is -3.79. The van der Waals surface area contributed by atoms with Gasteiger partial charge in [0, 0.05) is 34.8 Å². The highest BCUT2D eigenvalue weighted by atomic mass is 16.5. The molecule has 0 aliphatic heterocycles. The first-order chi connectivity index (χ1) is 13.7. The Morgan fingerprint density at radius 2 is 2.00 bits per heavy atom. The van der Waals surface area contributed by atoms with E-state index in [2.05, 4.69) is 16.6 Å². The van der Waals surface area contributed by atoms with Crippen LogP contribution in [0.2, 0.25) is 0 Å². The van der Waals surface area contributed by atoms with Crippen molar-refractivity contribution in [3.63, 3.8) is 0 Å². The van der Waals surface area contributed by atoms with E-state index in [1.54, 1.807) is 24.4 Å². The lowest BCUT2D eigenvalue weighted by Crippen LogP contribution is -2.17. The number of amides is 1. The van der Waals surface area contributed by atoms with Crippen molar-refractivity contribution in [1.29, 1.82) is 5.26 Å². The lowest BCUT2D eigenvalue weighted by Gasteiger charge is -2.08. The van der Waals surface area contributed by atoms with Gasteiger partial charge in [-0.15, -0.1) is 0 Å². The number of hydrogen-bond donors (Lipinski definition) is 1. The minimum absolute atomic E-state index is 0.356. The molecule has 0 aliphatic carbocycles. The van der Waals surface area contributed by atoms with Gasteiger partial charge in [0.15, 0.2) is 11.5 Å². The fourth-order valence-electron chi connectivity index (χ4n) is 2.94. The number of benzene rings is 2. The van der Waals surface area contributed by atoms with Crippen molar-refractivity contribution in [2.24, 2.45) is 5.10 Å². The third kappa shape index (κ3) is 3.96. The number of carbonyl (C=O) groups is 1. The van der Waals surface area contributed by atoms with Gasteiger partial charge in [0.1, 0.15) is 0 Å². The second kappa shape index (κ2) is 8.73. The number of nitriles is 1. The predicted molar refractivity (Wildman–Crippen MR) is 107 cm³/mol. The van der Waals surface area contributed by atoms with Gasteiger partial charge < -0.3 is 14.0 Å². The van der Waals surface area contributed by atoms with Gasteiger partial charge in [0.25, 0.3) is 5.91 Å². The summed E-state index contributed by atoms with van der Waals surface area (Å²) in [6, 6.07) is 14.9. The summed E-state index contributed by atoms with van der Waals surface area (Å²) in [7, 11) is 3.05. The van der Waals surface area contributed by atoms with E-state index in [0.717, 1.165) is 16.5 Å². The van der Waals surface area contributed by atoms with Crippen LogP contribution in [0.3, 0.4) is 0 Å². The molecule has 3 aromatic rings. The van der Waals surface area contributed by atoms with Crippen LogP contribution in [0.1, 0.15) is 22.3 Å². The van der Waals surface area contributed by atoms with E-state index in [4.69, 9.17) is 14.7 Å². The van der Waals surface area contributed by atoms with Crippen LogP contribution >= 0.6 is 0 Å². The summed E-state index contributed by atoms with van der Waals surface area (Å²) < 4.78 is 12.4. The Morgan fingerprint density at radius 3 is 2.75 bits per heavy atom. The van der Waals surface area contributed by atoms with E-state index >= 15 is 0 Å². The zero-order chi connectivity index (χ0) is 19.9. The fraction of sp³-hybridized carbons (Fsp3) is 0.190. The molecule has 1 aromatic heterocycles. The summed E-state index contributed by atoms with van der Waals surface area (Å²) in [6.45, 7) is 0.600. The zero-order valence-electron chi connectivity index (χ0n) is 15.7.